The number of rotatable bonds is 4. The minimum Gasteiger partial charge on any atom is -0.380 e. The average molecular weight is 320 g/mol. The second-order valence-electron chi connectivity index (χ2n) is 5.75. The Labute approximate surface area is 126 Å². The van der Waals surface area contributed by atoms with Crippen LogP contribution in [0.25, 0.3) is 0 Å². The summed E-state index contributed by atoms with van der Waals surface area (Å²) in [5.41, 5.74) is 3.58. The minimum atomic E-state index is -4.62. The highest BCUT2D eigenvalue weighted by atomic mass is 19.4. The molecule has 0 aromatic heterocycles. The van der Waals surface area contributed by atoms with Crippen molar-refractivity contribution in [1.29, 1.82) is 0 Å². The highest BCUT2D eigenvalue weighted by Gasteiger charge is 2.54. The number of hydrogen-bond acceptors (Lipinski definition) is 3. The van der Waals surface area contributed by atoms with Crippen molar-refractivity contribution >= 4 is 0 Å². The zero-order chi connectivity index (χ0) is 16.4. The highest BCUT2D eigenvalue weighted by molar-refractivity contribution is 5.18. The molecule has 1 aliphatic heterocycles. The van der Waals surface area contributed by atoms with E-state index in [1.54, 1.807) is 23.1 Å². The molecule has 1 aliphatic rings. The molecule has 3 nitrogen and oxygen atoms in total. The molecule has 1 fully saturated rings. The first-order chi connectivity index (χ1) is 10.3. The Morgan fingerprint density at radius 1 is 1.23 bits per heavy atom. The van der Waals surface area contributed by atoms with Crippen molar-refractivity contribution in [2.75, 3.05) is 19.6 Å². The lowest BCUT2D eigenvalue weighted by molar-refractivity contribution is -0.273. The van der Waals surface area contributed by atoms with Gasteiger partial charge in [0.05, 0.1) is 0 Å². The van der Waals surface area contributed by atoms with Crippen LogP contribution in [0.4, 0.5) is 17.6 Å². The quantitative estimate of drug-likeness (QED) is 0.835. The molecule has 7 heteroatoms. The van der Waals surface area contributed by atoms with E-state index < -0.39 is 11.8 Å². The zero-order valence-electron chi connectivity index (χ0n) is 12.1. The van der Waals surface area contributed by atoms with Crippen LogP contribution < -0.4 is 5.73 Å². The van der Waals surface area contributed by atoms with E-state index in [4.69, 9.17) is 5.73 Å². The monoisotopic (exact) mass is 320 g/mol. The Hall–Kier alpha value is -1.18. The number of hydrogen-bond donors (Lipinski definition) is 2. The lowest BCUT2D eigenvalue weighted by atomic mass is 9.89. The maximum absolute atomic E-state index is 13.7. The molecule has 0 bridgehead atoms. The van der Waals surface area contributed by atoms with Crippen molar-refractivity contribution in [3.63, 3.8) is 0 Å². The molecule has 0 spiro atoms. The van der Waals surface area contributed by atoms with E-state index in [-0.39, 0.29) is 44.3 Å². The second-order valence-corrected chi connectivity index (χ2v) is 5.75. The molecule has 1 saturated heterocycles. The number of aliphatic hydroxyl groups is 1. The molecule has 22 heavy (non-hydrogen) atoms. The molecule has 124 valence electrons. The molecule has 0 aliphatic carbocycles. The number of nitrogens with two attached hydrogens (primary N) is 1. The third-order valence-corrected chi connectivity index (χ3v) is 4.35. The normalized spacial score (nSPS) is 20.8. The standard InChI is InChI=1S/C15H20F4N2O/c16-13-4-2-1-3-11(13)9-12(10-20)21-7-5-14(22,6-8-21)15(17,18)19/h1-4,12,22H,5-10,20H2/t12-/m0/s1. The molecule has 1 aromatic carbocycles. The number of halogens is 4. The van der Waals surface area contributed by atoms with Crippen molar-refractivity contribution in [2.24, 2.45) is 5.73 Å². The van der Waals surface area contributed by atoms with Gasteiger partial charge in [-0.25, -0.2) is 4.39 Å². The molecule has 0 unspecified atom stereocenters. The predicted molar refractivity (Wildman–Crippen MR) is 74.8 cm³/mol. The van der Waals surface area contributed by atoms with Crippen molar-refractivity contribution in [3.05, 3.63) is 35.6 Å². The Kier molecular flexibility index (Phi) is 5.09. The lowest BCUT2D eigenvalue weighted by Gasteiger charge is -2.42. The molecule has 1 heterocycles. The molecule has 1 aromatic rings. The lowest BCUT2D eigenvalue weighted by Crippen LogP contribution is -2.56. The molecule has 1 atom stereocenters. The summed E-state index contributed by atoms with van der Waals surface area (Å²) in [5, 5.41) is 9.67. The summed E-state index contributed by atoms with van der Waals surface area (Å²) in [6.45, 7) is 0.400. The number of likely N-dealkylation sites (tertiary alicyclic amines) is 1. The Morgan fingerprint density at radius 3 is 2.32 bits per heavy atom. The van der Waals surface area contributed by atoms with Gasteiger partial charge in [0.25, 0.3) is 0 Å². The van der Waals surface area contributed by atoms with Gasteiger partial charge in [0.15, 0.2) is 5.60 Å². The predicted octanol–water partition coefficient (Wildman–Crippen LogP) is 2.08. The van der Waals surface area contributed by atoms with E-state index in [9.17, 15) is 22.7 Å². The molecular formula is C15H20F4N2O. The maximum Gasteiger partial charge on any atom is 0.417 e. The summed E-state index contributed by atoms with van der Waals surface area (Å²) in [5.74, 6) is -0.343. The molecule has 2 rings (SSSR count). The largest absolute Gasteiger partial charge is 0.417 e. The average Bonchev–Trinajstić information content (AvgIpc) is 2.46. The number of piperidine rings is 1. The van der Waals surface area contributed by atoms with Gasteiger partial charge < -0.3 is 10.8 Å². The van der Waals surface area contributed by atoms with Crippen LogP contribution in [0.1, 0.15) is 18.4 Å². The fourth-order valence-corrected chi connectivity index (χ4v) is 2.82. The van der Waals surface area contributed by atoms with Gasteiger partial charge in [0, 0.05) is 25.7 Å². The molecule has 0 amide bonds. The van der Waals surface area contributed by atoms with Crippen molar-refractivity contribution in [1.82, 2.24) is 4.90 Å². The summed E-state index contributed by atoms with van der Waals surface area (Å²) >= 11 is 0. The van der Waals surface area contributed by atoms with Gasteiger partial charge in [-0.2, -0.15) is 13.2 Å². The molecule has 0 saturated carbocycles. The van der Waals surface area contributed by atoms with E-state index in [0.29, 0.717) is 12.0 Å². The first kappa shape index (κ1) is 17.2. The van der Waals surface area contributed by atoms with E-state index in [0.717, 1.165) is 0 Å². The first-order valence-electron chi connectivity index (χ1n) is 7.23. The summed E-state index contributed by atoms with van der Waals surface area (Å²) in [4.78, 5) is 1.80. The van der Waals surface area contributed by atoms with Crippen LogP contribution in [0.5, 0.6) is 0 Å². The van der Waals surface area contributed by atoms with Crippen LogP contribution in [-0.2, 0) is 6.42 Å². The van der Waals surface area contributed by atoms with Crippen LogP contribution >= 0.6 is 0 Å². The van der Waals surface area contributed by atoms with Crippen LogP contribution in [0.15, 0.2) is 24.3 Å². The van der Waals surface area contributed by atoms with E-state index >= 15 is 0 Å². The summed E-state index contributed by atoms with van der Waals surface area (Å²) in [7, 11) is 0. The van der Waals surface area contributed by atoms with Crippen molar-refractivity contribution in [3.8, 4) is 0 Å². The third-order valence-electron chi connectivity index (χ3n) is 4.35. The van der Waals surface area contributed by atoms with Gasteiger partial charge in [-0.05, 0) is 30.9 Å². The third kappa shape index (κ3) is 3.59. The summed E-state index contributed by atoms with van der Waals surface area (Å²) in [6, 6.07) is 6.05. The Morgan fingerprint density at radius 2 is 1.82 bits per heavy atom. The van der Waals surface area contributed by atoms with E-state index in [1.807, 2.05) is 0 Å². The van der Waals surface area contributed by atoms with Crippen LogP contribution in [-0.4, -0.2) is 47.5 Å². The number of alkyl halides is 3. The first-order valence-corrected chi connectivity index (χ1v) is 7.23. The van der Waals surface area contributed by atoms with Crippen molar-refractivity contribution in [2.45, 2.75) is 37.1 Å². The van der Waals surface area contributed by atoms with Gasteiger partial charge in [-0.1, -0.05) is 18.2 Å². The van der Waals surface area contributed by atoms with Gasteiger partial charge >= 0.3 is 6.18 Å². The number of benzene rings is 1. The summed E-state index contributed by atoms with van der Waals surface area (Å²) < 4.78 is 52.1. The fraction of sp³-hybridized carbons (Fsp3) is 0.600. The van der Waals surface area contributed by atoms with E-state index in [2.05, 4.69) is 0 Å². The topological polar surface area (TPSA) is 49.5 Å². The van der Waals surface area contributed by atoms with Crippen LogP contribution in [0.3, 0.4) is 0 Å². The van der Waals surface area contributed by atoms with Crippen LogP contribution in [0.2, 0.25) is 0 Å². The maximum atomic E-state index is 13.7. The van der Waals surface area contributed by atoms with Crippen LogP contribution in [0, 0.1) is 5.82 Å². The molecule has 0 radical (unpaired) electrons. The van der Waals surface area contributed by atoms with Crippen molar-refractivity contribution < 1.29 is 22.7 Å². The minimum absolute atomic E-state index is 0.0896. The van der Waals surface area contributed by atoms with E-state index in [1.165, 1.54) is 6.07 Å². The van der Waals surface area contributed by atoms with Gasteiger partial charge in [-0.3, -0.25) is 4.90 Å². The highest BCUT2D eigenvalue weighted by Crippen LogP contribution is 2.38. The second kappa shape index (κ2) is 6.52. The Bertz CT molecular complexity index is 499. The molecule has 3 N–H and O–H groups in total. The Balaban J connectivity index is 2.01. The smallest absolute Gasteiger partial charge is 0.380 e. The SMILES string of the molecule is NC[C@H](Cc1ccccc1F)N1CCC(O)(C(F)(F)F)CC1. The zero-order valence-corrected chi connectivity index (χ0v) is 12.1. The molecular weight excluding hydrogens is 300 g/mol. The van der Waals surface area contributed by atoms with Gasteiger partial charge in [-0.15, -0.1) is 0 Å². The summed E-state index contributed by atoms with van der Waals surface area (Å²) in [6.07, 6.45) is -5.05. The van der Waals surface area contributed by atoms with Gasteiger partial charge in [0.1, 0.15) is 5.82 Å². The van der Waals surface area contributed by atoms with Gasteiger partial charge in [0.2, 0.25) is 0 Å². The fourth-order valence-electron chi connectivity index (χ4n) is 2.82. The number of nitrogens with zero attached hydrogens (tertiary/aromatic N) is 1.